The van der Waals surface area contributed by atoms with E-state index in [0.29, 0.717) is 5.69 Å². The topological polar surface area (TPSA) is 297 Å². The van der Waals surface area contributed by atoms with Gasteiger partial charge in [0.05, 0.1) is 18.8 Å². The minimum Gasteiger partial charge on any atom is -0.481 e. The quantitative estimate of drug-likeness (QED) is 0.0950. The second kappa shape index (κ2) is 14.8. The van der Waals surface area contributed by atoms with E-state index in [4.69, 9.17) is 21.7 Å². The van der Waals surface area contributed by atoms with Crippen LogP contribution < -0.4 is 27.4 Å². The zero-order chi connectivity index (χ0) is 28.1. The molecule has 0 saturated carbocycles. The van der Waals surface area contributed by atoms with Gasteiger partial charge in [0.2, 0.25) is 23.6 Å². The highest BCUT2D eigenvalue weighted by Gasteiger charge is 2.31. The van der Waals surface area contributed by atoms with E-state index in [1.807, 2.05) is 5.32 Å². The van der Waals surface area contributed by atoms with Gasteiger partial charge in [0.25, 0.3) is 0 Å². The van der Waals surface area contributed by atoms with Crippen LogP contribution in [0.15, 0.2) is 12.5 Å². The molecule has 1 aromatic heterocycles. The molecule has 11 N–H and O–H groups in total. The molecular formula is C20H29N7O10. The van der Waals surface area contributed by atoms with Gasteiger partial charge in [-0.1, -0.05) is 0 Å². The number of amides is 4. The van der Waals surface area contributed by atoms with Gasteiger partial charge < -0.3 is 47.7 Å². The molecule has 4 unspecified atom stereocenters. The summed E-state index contributed by atoms with van der Waals surface area (Å²) in [7, 11) is 0. The molecule has 0 saturated heterocycles. The van der Waals surface area contributed by atoms with Crippen LogP contribution in [0.1, 0.15) is 37.8 Å². The Morgan fingerprint density at radius 2 is 1.32 bits per heavy atom. The zero-order valence-corrected chi connectivity index (χ0v) is 19.5. The fourth-order valence-electron chi connectivity index (χ4n) is 3.02. The average molecular weight is 527 g/mol. The number of nitrogens with zero attached hydrogens (tertiary/aromatic N) is 1. The molecule has 0 fully saturated rings. The van der Waals surface area contributed by atoms with Crippen molar-refractivity contribution in [1.82, 2.24) is 25.9 Å². The summed E-state index contributed by atoms with van der Waals surface area (Å²) in [5.74, 6) is -8.27. The molecule has 17 heteroatoms. The highest BCUT2D eigenvalue weighted by atomic mass is 16.4. The molecule has 0 aliphatic rings. The van der Waals surface area contributed by atoms with Crippen molar-refractivity contribution < 1.29 is 48.9 Å². The van der Waals surface area contributed by atoms with Crippen molar-refractivity contribution in [1.29, 1.82) is 0 Å². The highest BCUT2D eigenvalue weighted by molar-refractivity contribution is 5.95. The number of aromatic nitrogens is 2. The number of nitrogens with two attached hydrogens (primary N) is 2. The van der Waals surface area contributed by atoms with Gasteiger partial charge in [-0.15, -0.1) is 0 Å². The van der Waals surface area contributed by atoms with Gasteiger partial charge in [0, 0.05) is 31.2 Å². The molecule has 0 spiro atoms. The molecule has 4 atom stereocenters. The second-order valence-corrected chi connectivity index (χ2v) is 7.94. The molecule has 0 aliphatic carbocycles. The Balaban J connectivity index is 3.02. The zero-order valence-electron chi connectivity index (χ0n) is 19.5. The number of carbonyl (C=O) groups is 7. The number of primary amides is 1. The van der Waals surface area contributed by atoms with E-state index in [1.165, 1.54) is 12.5 Å². The van der Waals surface area contributed by atoms with Crippen molar-refractivity contribution in [2.45, 2.75) is 62.7 Å². The summed E-state index contributed by atoms with van der Waals surface area (Å²) in [5, 5.41) is 33.6. The third kappa shape index (κ3) is 11.6. The van der Waals surface area contributed by atoms with Crippen LogP contribution in [-0.4, -0.2) is 91.0 Å². The van der Waals surface area contributed by atoms with Crippen LogP contribution in [0.3, 0.4) is 0 Å². The average Bonchev–Trinajstić information content (AvgIpc) is 3.30. The molecular weight excluding hydrogens is 498 g/mol. The van der Waals surface area contributed by atoms with Crippen LogP contribution >= 0.6 is 0 Å². The largest absolute Gasteiger partial charge is 0.481 e. The number of imidazole rings is 1. The molecule has 4 amide bonds. The summed E-state index contributed by atoms with van der Waals surface area (Å²) >= 11 is 0. The van der Waals surface area contributed by atoms with E-state index in [0.717, 1.165) is 0 Å². The van der Waals surface area contributed by atoms with Crippen molar-refractivity contribution in [3.8, 4) is 0 Å². The fourth-order valence-corrected chi connectivity index (χ4v) is 3.02. The van der Waals surface area contributed by atoms with Crippen molar-refractivity contribution >= 4 is 41.5 Å². The first kappa shape index (κ1) is 30.5. The minimum absolute atomic E-state index is 0.0131. The molecule has 1 rings (SSSR count). The van der Waals surface area contributed by atoms with Crippen LogP contribution in [0, 0.1) is 0 Å². The number of carboxylic acid groups (broad SMARTS) is 3. The number of hydrogen-bond donors (Lipinski definition) is 9. The van der Waals surface area contributed by atoms with Gasteiger partial charge in [0.1, 0.15) is 18.1 Å². The van der Waals surface area contributed by atoms with E-state index in [2.05, 4.69) is 20.6 Å². The number of rotatable bonds is 17. The molecule has 0 aliphatic heterocycles. The lowest BCUT2D eigenvalue weighted by molar-refractivity contribution is -0.144. The number of carboxylic acids is 3. The molecule has 17 nitrogen and oxygen atoms in total. The van der Waals surface area contributed by atoms with Crippen LogP contribution in [0.2, 0.25) is 0 Å². The highest BCUT2D eigenvalue weighted by Crippen LogP contribution is 2.06. The molecule has 204 valence electrons. The Labute approximate surface area is 209 Å². The Morgan fingerprint density at radius 1 is 0.838 bits per heavy atom. The van der Waals surface area contributed by atoms with Crippen LogP contribution in [0.25, 0.3) is 0 Å². The second-order valence-electron chi connectivity index (χ2n) is 7.94. The number of H-pyrrole nitrogens is 1. The molecule has 0 aromatic carbocycles. The Morgan fingerprint density at radius 3 is 1.73 bits per heavy atom. The Hall–Kier alpha value is -4.54. The van der Waals surface area contributed by atoms with Gasteiger partial charge in [-0.2, -0.15) is 0 Å². The molecule has 1 aromatic rings. The predicted molar refractivity (Wildman–Crippen MR) is 121 cm³/mol. The molecule has 0 bridgehead atoms. The lowest BCUT2D eigenvalue weighted by Gasteiger charge is -2.24. The fraction of sp³-hybridized carbons (Fsp3) is 0.500. The summed E-state index contributed by atoms with van der Waals surface area (Å²) in [6.07, 6.45) is -0.0384. The maximum Gasteiger partial charge on any atom is 0.326 e. The van der Waals surface area contributed by atoms with Crippen LogP contribution in [-0.2, 0) is 40.0 Å². The van der Waals surface area contributed by atoms with Crippen molar-refractivity contribution in [2.75, 3.05) is 0 Å². The number of hydrogen-bond acceptors (Lipinski definition) is 9. The Bertz CT molecular complexity index is 998. The van der Waals surface area contributed by atoms with Crippen molar-refractivity contribution in [2.24, 2.45) is 11.5 Å². The standard InChI is InChI=1S/C20H29N7O10/c21-10(5-9-7-23-8-24-9)17(33)25-11(1-3-15(29)30)18(34)26-12(2-4-16(31)32)19(35)27-13(20(36)37)6-14(22)28/h7-8,10-13H,1-6,21H2,(H2,22,28)(H,23,24)(H,25,33)(H,26,34)(H,27,35)(H,29,30)(H,31,32)(H,36,37). The predicted octanol–water partition coefficient (Wildman–Crippen LogP) is -3.58. The first-order chi connectivity index (χ1) is 17.3. The normalized spacial score (nSPS) is 13.9. The van der Waals surface area contributed by atoms with Gasteiger partial charge in [-0.05, 0) is 12.8 Å². The summed E-state index contributed by atoms with van der Waals surface area (Å²) in [5.41, 5.74) is 11.3. The number of aromatic amines is 1. The van der Waals surface area contributed by atoms with Gasteiger partial charge in [-0.3, -0.25) is 28.8 Å². The third-order valence-corrected chi connectivity index (χ3v) is 4.91. The minimum atomic E-state index is -1.75. The summed E-state index contributed by atoms with van der Waals surface area (Å²) < 4.78 is 0. The van der Waals surface area contributed by atoms with E-state index in [1.54, 1.807) is 0 Å². The Kier molecular flexibility index (Phi) is 12.2. The van der Waals surface area contributed by atoms with E-state index < -0.39 is 97.8 Å². The van der Waals surface area contributed by atoms with E-state index in [9.17, 15) is 38.7 Å². The molecule has 37 heavy (non-hydrogen) atoms. The number of nitrogens with one attached hydrogen (secondary N) is 4. The lowest BCUT2D eigenvalue weighted by Crippen LogP contribution is -2.57. The van der Waals surface area contributed by atoms with Gasteiger partial charge >= 0.3 is 17.9 Å². The maximum absolute atomic E-state index is 12.9. The van der Waals surface area contributed by atoms with Crippen LogP contribution in [0.4, 0.5) is 0 Å². The monoisotopic (exact) mass is 527 g/mol. The van der Waals surface area contributed by atoms with E-state index in [-0.39, 0.29) is 6.42 Å². The number of carbonyl (C=O) groups excluding carboxylic acids is 4. The molecule has 0 radical (unpaired) electrons. The van der Waals surface area contributed by atoms with Gasteiger partial charge in [-0.25, -0.2) is 9.78 Å². The summed E-state index contributed by atoms with van der Waals surface area (Å²) in [6, 6.07) is -6.01. The van der Waals surface area contributed by atoms with Gasteiger partial charge in [0.15, 0.2) is 0 Å². The summed E-state index contributed by atoms with van der Waals surface area (Å²) in [4.78, 5) is 89.0. The van der Waals surface area contributed by atoms with Crippen molar-refractivity contribution in [3.05, 3.63) is 18.2 Å². The maximum atomic E-state index is 12.9. The third-order valence-electron chi connectivity index (χ3n) is 4.91. The van der Waals surface area contributed by atoms with Crippen molar-refractivity contribution in [3.63, 3.8) is 0 Å². The molecule has 1 heterocycles. The SMILES string of the molecule is NC(=O)CC(NC(=O)C(CCC(=O)O)NC(=O)C(CCC(=O)O)NC(=O)C(N)Cc1cnc[nH]1)C(=O)O. The van der Waals surface area contributed by atoms with E-state index >= 15 is 0 Å². The first-order valence-electron chi connectivity index (χ1n) is 10.9. The summed E-state index contributed by atoms with van der Waals surface area (Å²) in [6.45, 7) is 0. The first-order valence-corrected chi connectivity index (χ1v) is 10.9. The lowest BCUT2D eigenvalue weighted by atomic mass is 10.1. The number of aliphatic carboxylic acids is 3. The smallest absolute Gasteiger partial charge is 0.326 e. The van der Waals surface area contributed by atoms with Crippen LogP contribution in [0.5, 0.6) is 0 Å².